The zero-order chi connectivity index (χ0) is 17.4. The van der Waals surface area contributed by atoms with Crippen molar-refractivity contribution in [3.63, 3.8) is 0 Å². The Balaban J connectivity index is 2.28. The van der Waals surface area contributed by atoms with E-state index in [1.54, 1.807) is 6.21 Å². The molecule has 1 N–H and O–H groups in total. The lowest BCUT2D eigenvalue weighted by Crippen LogP contribution is -2.19. The van der Waals surface area contributed by atoms with E-state index in [-0.39, 0.29) is 5.91 Å². The first-order chi connectivity index (χ1) is 11.7. The Kier molecular flexibility index (Phi) is 6.87. The SMILES string of the molecule is C=CCc1cc(C=NN=C2NC(=O)CS2)cc(OCC)c1OCC. The van der Waals surface area contributed by atoms with Crippen LogP contribution in [0.5, 0.6) is 11.5 Å². The number of amides is 1. The fraction of sp³-hybridized carbons (Fsp3) is 0.353. The van der Waals surface area contributed by atoms with Crippen molar-refractivity contribution in [3.05, 3.63) is 35.9 Å². The van der Waals surface area contributed by atoms with E-state index in [4.69, 9.17) is 9.47 Å². The quantitative estimate of drug-likeness (QED) is 0.446. The van der Waals surface area contributed by atoms with Crippen LogP contribution >= 0.6 is 11.8 Å². The Morgan fingerprint density at radius 2 is 2.12 bits per heavy atom. The highest BCUT2D eigenvalue weighted by Gasteiger charge is 2.16. The minimum Gasteiger partial charge on any atom is -0.490 e. The number of carbonyl (C=O) groups excluding carboxylic acids is 1. The van der Waals surface area contributed by atoms with E-state index in [2.05, 4.69) is 22.1 Å². The molecule has 7 heteroatoms. The zero-order valence-electron chi connectivity index (χ0n) is 13.9. The van der Waals surface area contributed by atoms with E-state index in [0.29, 0.717) is 36.3 Å². The van der Waals surface area contributed by atoms with Gasteiger partial charge in [0.2, 0.25) is 5.91 Å². The number of ether oxygens (including phenoxy) is 2. The molecule has 0 saturated carbocycles. The normalized spacial score (nSPS) is 15.8. The summed E-state index contributed by atoms with van der Waals surface area (Å²) in [7, 11) is 0. The summed E-state index contributed by atoms with van der Waals surface area (Å²) in [6, 6.07) is 3.84. The maximum Gasteiger partial charge on any atom is 0.236 e. The van der Waals surface area contributed by atoms with Crippen LogP contribution in [0.25, 0.3) is 0 Å². The van der Waals surface area contributed by atoms with E-state index in [9.17, 15) is 4.79 Å². The molecular weight excluding hydrogens is 326 g/mol. The molecule has 1 amide bonds. The van der Waals surface area contributed by atoms with Gasteiger partial charge in [-0.2, -0.15) is 5.10 Å². The van der Waals surface area contributed by atoms with Gasteiger partial charge in [0.05, 0.1) is 25.2 Å². The monoisotopic (exact) mass is 347 g/mol. The van der Waals surface area contributed by atoms with Gasteiger partial charge in [-0.15, -0.1) is 11.7 Å². The van der Waals surface area contributed by atoms with Crippen LogP contribution in [-0.2, 0) is 11.2 Å². The summed E-state index contributed by atoms with van der Waals surface area (Å²) in [5.74, 6) is 1.75. The first-order valence-corrected chi connectivity index (χ1v) is 8.73. The average molecular weight is 347 g/mol. The lowest BCUT2D eigenvalue weighted by molar-refractivity contribution is -0.116. The Bertz CT molecular complexity index is 671. The lowest BCUT2D eigenvalue weighted by atomic mass is 10.1. The van der Waals surface area contributed by atoms with Crippen molar-refractivity contribution < 1.29 is 14.3 Å². The molecule has 1 aliphatic rings. The van der Waals surface area contributed by atoms with Crippen LogP contribution < -0.4 is 14.8 Å². The number of rotatable bonds is 8. The summed E-state index contributed by atoms with van der Waals surface area (Å²) in [6.45, 7) is 8.75. The molecule has 1 aliphatic heterocycles. The third kappa shape index (κ3) is 4.86. The Morgan fingerprint density at radius 1 is 1.33 bits per heavy atom. The number of allylic oxidation sites excluding steroid dienone is 1. The van der Waals surface area contributed by atoms with Crippen molar-refractivity contribution in [2.45, 2.75) is 20.3 Å². The number of benzene rings is 1. The third-order valence-electron chi connectivity index (χ3n) is 3.05. The molecule has 1 aromatic rings. The number of nitrogens with one attached hydrogen (secondary N) is 1. The Labute approximate surface area is 146 Å². The summed E-state index contributed by atoms with van der Waals surface area (Å²) < 4.78 is 11.4. The molecule has 0 spiro atoms. The zero-order valence-corrected chi connectivity index (χ0v) is 14.7. The summed E-state index contributed by atoms with van der Waals surface area (Å²) in [4.78, 5) is 11.1. The van der Waals surface area contributed by atoms with E-state index in [1.807, 2.05) is 32.1 Å². The van der Waals surface area contributed by atoms with E-state index < -0.39 is 0 Å². The van der Waals surface area contributed by atoms with Crippen LogP contribution in [0.1, 0.15) is 25.0 Å². The molecular formula is C17H21N3O3S. The van der Waals surface area contributed by atoms with Crippen LogP contribution in [0.4, 0.5) is 0 Å². The molecule has 1 aromatic carbocycles. The maximum absolute atomic E-state index is 11.1. The van der Waals surface area contributed by atoms with Crippen molar-refractivity contribution in [2.75, 3.05) is 19.0 Å². The van der Waals surface area contributed by atoms with Gasteiger partial charge in [0.1, 0.15) is 0 Å². The standard InChI is InChI=1S/C17H21N3O3S/c1-4-7-13-8-12(9-14(22-5-2)16(13)23-6-3)10-18-20-17-19-15(21)11-24-17/h4,8-10H,1,5-7,11H2,2-3H3,(H,19,20,21). The van der Waals surface area contributed by atoms with Crippen molar-refractivity contribution in [2.24, 2.45) is 10.2 Å². The molecule has 1 saturated heterocycles. The van der Waals surface area contributed by atoms with Crippen LogP contribution in [0.15, 0.2) is 35.0 Å². The molecule has 2 rings (SSSR count). The minimum absolute atomic E-state index is 0.0538. The molecule has 0 radical (unpaired) electrons. The molecule has 0 aromatic heterocycles. The third-order valence-corrected chi connectivity index (χ3v) is 3.91. The fourth-order valence-electron chi connectivity index (χ4n) is 2.16. The van der Waals surface area contributed by atoms with Gasteiger partial charge in [0.15, 0.2) is 16.7 Å². The van der Waals surface area contributed by atoms with Gasteiger partial charge in [0.25, 0.3) is 0 Å². The number of carbonyl (C=O) groups is 1. The number of hydrogen-bond acceptors (Lipinski definition) is 6. The minimum atomic E-state index is -0.0538. The summed E-state index contributed by atoms with van der Waals surface area (Å²) in [5, 5.41) is 11.2. The van der Waals surface area contributed by atoms with E-state index in [1.165, 1.54) is 11.8 Å². The largest absolute Gasteiger partial charge is 0.490 e. The van der Waals surface area contributed by atoms with Gasteiger partial charge in [-0.1, -0.05) is 17.8 Å². The van der Waals surface area contributed by atoms with Crippen LogP contribution in [0.2, 0.25) is 0 Å². The van der Waals surface area contributed by atoms with E-state index >= 15 is 0 Å². The van der Waals surface area contributed by atoms with Gasteiger partial charge in [-0.05, 0) is 38.0 Å². The van der Waals surface area contributed by atoms with E-state index in [0.717, 1.165) is 16.9 Å². The molecule has 0 atom stereocenters. The first kappa shape index (κ1) is 18.1. The molecule has 6 nitrogen and oxygen atoms in total. The average Bonchev–Trinajstić information content (AvgIpc) is 2.96. The van der Waals surface area contributed by atoms with Gasteiger partial charge in [-0.25, -0.2) is 0 Å². The predicted molar refractivity (Wildman–Crippen MR) is 98.3 cm³/mol. The highest BCUT2D eigenvalue weighted by atomic mass is 32.2. The van der Waals surface area contributed by atoms with Gasteiger partial charge in [-0.3, -0.25) is 4.79 Å². The van der Waals surface area contributed by atoms with Crippen molar-refractivity contribution in [1.29, 1.82) is 0 Å². The number of hydrogen-bond donors (Lipinski definition) is 1. The molecule has 128 valence electrons. The van der Waals surface area contributed by atoms with Gasteiger partial charge < -0.3 is 14.8 Å². The predicted octanol–water partition coefficient (Wildman–Crippen LogP) is 2.77. The number of amidine groups is 1. The van der Waals surface area contributed by atoms with Gasteiger partial charge in [0, 0.05) is 5.56 Å². The number of thioether (sulfide) groups is 1. The topological polar surface area (TPSA) is 72.3 Å². The van der Waals surface area contributed by atoms with Crippen LogP contribution in [-0.4, -0.2) is 36.3 Å². The van der Waals surface area contributed by atoms with Crippen molar-refractivity contribution in [1.82, 2.24) is 5.32 Å². The molecule has 0 aliphatic carbocycles. The second-order valence-electron chi connectivity index (χ2n) is 4.85. The summed E-state index contributed by atoms with van der Waals surface area (Å²) >= 11 is 1.33. The number of nitrogens with zero attached hydrogens (tertiary/aromatic N) is 2. The summed E-state index contributed by atoms with van der Waals surface area (Å²) in [6.07, 6.45) is 4.11. The molecule has 1 fully saturated rings. The van der Waals surface area contributed by atoms with Crippen LogP contribution in [0, 0.1) is 0 Å². The van der Waals surface area contributed by atoms with Crippen molar-refractivity contribution >= 4 is 29.1 Å². The summed E-state index contributed by atoms with van der Waals surface area (Å²) in [5.41, 5.74) is 1.83. The second kappa shape index (κ2) is 9.12. The molecule has 1 heterocycles. The lowest BCUT2D eigenvalue weighted by Gasteiger charge is -2.15. The molecule has 24 heavy (non-hydrogen) atoms. The fourth-order valence-corrected chi connectivity index (χ4v) is 2.79. The van der Waals surface area contributed by atoms with Crippen molar-refractivity contribution in [3.8, 4) is 11.5 Å². The highest BCUT2D eigenvalue weighted by Crippen LogP contribution is 2.33. The smallest absolute Gasteiger partial charge is 0.236 e. The van der Waals surface area contributed by atoms with Crippen LogP contribution in [0.3, 0.4) is 0 Å². The van der Waals surface area contributed by atoms with Gasteiger partial charge >= 0.3 is 0 Å². The Hall–Kier alpha value is -2.28. The second-order valence-corrected chi connectivity index (χ2v) is 5.82. The molecule has 0 unspecified atom stereocenters. The maximum atomic E-state index is 11.1. The molecule has 0 bridgehead atoms. The first-order valence-electron chi connectivity index (χ1n) is 7.75. The Morgan fingerprint density at radius 3 is 2.75 bits per heavy atom. The highest BCUT2D eigenvalue weighted by molar-refractivity contribution is 8.15.